The molecule has 0 radical (unpaired) electrons. The Labute approximate surface area is 236 Å². The molecule has 2 rings (SSSR count). The van der Waals surface area contributed by atoms with Crippen LogP contribution in [-0.4, -0.2) is 89.2 Å². The van der Waals surface area contributed by atoms with Gasteiger partial charge in [-0.2, -0.15) is 0 Å². The predicted molar refractivity (Wildman–Crippen MR) is 152 cm³/mol. The summed E-state index contributed by atoms with van der Waals surface area (Å²) in [7, 11) is 3.92. The number of hydrogen-bond acceptors (Lipinski definition) is 8. The Bertz CT molecular complexity index is 802. The highest BCUT2D eigenvalue weighted by molar-refractivity contribution is 5.91. The molecule has 0 amide bonds. The van der Waals surface area contributed by atoms with Crippen LogP contribution in [-0.2, 0) is 19.1 Å². The van der Waals surface area contributed by atoms with Crippen molar-refractivity contribution in [1.29, 1.82) is 0 Å². The van der Waals surface area contributed by atoms with Crippen molar-refractivity contribution in [3.63, 3.8) is 0 Å². The zero-order valence-corrected chi connectivity index (χ0v) is 25.5. The van der Waals surface area contributed by atoms with Gasteiger partial charge in [0.2, 0.25) is 0 Å². The zero-order chi connectivity index (χ0) is 29.4. The molecule has 1 heterocycles. The number of ether oxygens (including phenoxy) is 2. The lowest BCUT2D eigenvalue weighted by molar-refractivity contribution is -0.169. The summed E-state index contributed by atoms with van der Waals surface area (Å²) in [6.45, 7) is 11.7. The summed E-state index contributed by atoms with van der Waals surface area (Å²) in [5, 5.41) is 32.4. The molecule has 0 aromatic rings. The van der Waals surface area contributed by atoms with Gasteiger partial charge in [0.05, 0.1) is 30.8 Å². The van der Waals surface area contributed by atoms with E-state index < -0.39 is 42.4 Å². The summed E-state index contributed by atoms with van der Waals surface area (Å²) in [6.07, 6.45) is 3.54. The summed E-state index contributed by atoms with van der Waals surface area (Å²) < 4.78 is 12.4. The van der Waals surface area contributed by atoms with Crippen LogP contribution in [0.15, 0.2) is 12.2 Å². The van der Waals surface area contributed by atoms with Crippen LogP contribution in [0.1, 0.15) is 80.1 Å². The molecule has 12 atom stereocenters. The van der Waals surface area contributed by atoms with Crippen molar-refractivity contribution >= 4 is 11.8 Å². The van der Waals surface area contributed by atoms with E-state index in [1.54, 1.807) is 6.08 Å². The number of cyclic esters (lactones) is 1. The maximum Gasteiger partial charge on any atom is 0.308 e. The number of hydrogen-bond donors (Lipinski definition) is 3. The molecule has 1 fully saturated rings. The Morgan fingerprint density at radius 1 is 1.03 bits per heavy atom. The highest BCUT2D eigenvalue weighted by Gasteiger charge is 2.41. The second kappa shape index (κ2) is 15.6. The van der Waals surface area contributed by atoms with Crippen LogP contribution in [0.4, 0.5) is 0 Å². The fourth-order valence-corrected chi connectivity index (χ4v) is 6.50. The first-order valence-corrected chi connectivity index (χ1v) is 15.0. The molecule has 0 aromatic heterocycles. The van der Waals surface area contributed by atoms with E-state index in [0.717, 1.165) is 6.42 Å². The van der Waals surface area contributed by atoms with E-state index in [0.29, 0.717) is 31.6 Å². The largest absolute Gasteiger partial charge is 0.462 e. The molecule has 8 heteroatoms. The third-order valence-electron chi connectivity index (χ3n) is 9.03. The fraction of sp³-hybridized carbons (Fsp3) is 0.871. The van der Waals surface area contributed by atoms with Crippen molar-refractivity contribution in [3.8, 4) is 0 Å². The SMILES string of the molecule is CCC1OC(=O)CC(O)C(C)C(OC2CC(C)CC(N(C)C)C2O)C(C)CC(C)C(=O)C=CC(C)CC1CO. The van der Waals surface area contributed by atoms with Gasteiger partial charge in [0.15, 0.2) is 5.78 Å². The molecule has 39 heavy (non-hydrogen) atoms. The van der Waals surface area contributed by atoms with Gasteiger partial charge < -0.3 is 29.7 Å². The second-order valence-electron chi connectivity index (χ2n) is 12.8. The van der Waals surface area contributed by atoms with Crippen molar-refractivity contribution in [3.05, 3.63) is 12.2 Å². The summed E-state index contributed by atoms with van der Waals surface area (Å²) in [4.78, 5) is 28.0. The number of esters is 1. The minimum absolute atomic E-state index is 0.0255. The second-order valence-corrected chi connectivity index (χ2v) is 12.8. The van der Waals surface area contributed by atoms with Gasteiger partial charge in [-0.3, -0.25) is 9.59 Å². The maximum atomic E-state index is 13.0. The van der Waals surface area contributed by atoms with Crippen molar-refractivity contribution in [2.45, 2.75) is 117 Å². The highest BCUT2D eigenvalue weighted by atomic mass is 16.5. The van der Waals surface area contributed by atoms with Crippen molar-refractivity contribution in [2.24, 2.45) is 35.5 Å². The predicted octanol–water partition coefficient (Wildman–Crippen LogP) is 3.61. The van der Waals surface area contributed by atoms with Crippen LogP contribution < -0.4 is 0 Å². The van der Waals surface area contributed by atoms with Gasteiger partial charge in [-0.15, -0.1) is 0 Å². The third-order valence-corrected chi connectivity index (χ3v) is 9.03. The lowest BCUT2D eigenvalue weighted by Crippen LogP contribution is -2.53. The molecule has 2 aliphatic rings. The minimum atomic E-state index is -1.02. The van der Waals surface area contributed by atoms with Gasteiger partial charge in [0.1, 0.15) is 6.10 Å². The molecular formula is C31H55NO7. The Morgan fingerprint density at radius 2 is 1.69 bits per heavy atom. The molecule has 1 saturated carbocycles. The van der Waals surface area contributed by atoms with Gasteiger partial charge in [-0.05, 0) is 70.0 Å². The molecule has 12 unspecified atom stereocenters. The van der Waals surface area contributed by atoms with Gasteiger partial charge in [-0.25, -0.2) is 0 Å². The lowest BCUT2D eigenvalue weighted by atomic mass is 9.80. The molecule has 1 aliphatic carbocycles. The van der Waals surface area contributed by atoms with E-state index in [9.17, 15) is 24.9 Å². The molecule has 0 bridgehead atoms. The summed E-state index contributed by atoms with van der Waals surface area (Å²) in [5.74, 6) is -1.13. The molecule has 3 N–H and O–H groups in total. The molecule has 1 aliphatic heterocycles. The summed E-state index contributed by atoms with van der Waals surface area (Å²) in [6, 6.07) is -0.0338. The Morgan fingerprint density at radius 3 is 2.28 bits per heavy atom. The smallest absolute Gasteiger partial charge is 0.308 e. The average Bonchev–Trinajstić information content (AvgIpc) is 2.87. The minimum Gasteiger partial charge on any atom is -0.462 e. The van der Waals surface area contributed by atoms with E-state index >= 15 is 0 Å². The molecule has 0 saturated heterocycles. The summed E-state index contributed by atoms with van der Waals surface area (Å²) in [5.41, 5.74) is 0. The first kappa shape index (κ1) is 33.9. The van der Waals surface area contributed by atoms with E-state index in [1.165, 1.54) is 0 Å². The van der Waals surface area contributed by atoms with Gasteiger partial charge in [-0.1, -0.05) is 47.6 Å². The summed E-state index contributed by atoms with van der Waals surface area (Å²) >= 11 is 0. The molecule has 0 spiro atoms. The molecular weight excluding hydrogens is 498 g/mol. The van der Waals surface area contributed by atoms with Gasteiger partial charge >= 0.3 is 5.97 Å². The number of ketones is 1. The van der Waals surface area contributed by atoms with Crippen LogP contribution in [0.2, 0.25) is 0 Å². The van der Waals surface area contributed by atoms with Crippen LogP contribution in [0.25, 0.3) is 0 Å². The van der Waals surface area contributed by atoms with E-state index in [2.05, 4.69) is 6.92 Å². The van der Waals surface area contributed by atoms with Crippen molar-refractivity contribution < 1.29 is 34.4 Å². The third kappa shape index (κ3) is 9.63. The fourth-order valence-electron chi connectivity index (χ4n) is 6.50. The Balaban J connectivity index is 2.37. The van der Waals surface area contributed by atoms with Crippen LogP contribution in [0.3, 0.4) is 0 Å². The number of likely N-dealkylation sites (N-methyl/N-ethyl adjacent to an activating group) is 1. The maximum absolute atomic E-state index is 13.0. The van der Waals surface area contributed by atoms with E-state index in [-0.39, 0.29) is 48.5 Å². The monoisotopic (exact) mass is 553 g/mol. The van der Waals surface area contributed by atoms with Gasteiger partial charge in [0, 0.05) is 30.4 Å². The average molecular weight is 554 g/mol. The topological polar surface area (TPSA) is 117 Å². The van der Waals surface area contributed by atoms with Crippen molar-refractivity contribution in [1.82, 2.24) is 4.90 Å². The van der Waals surface area contributed by atoms with Crippen LogP contribution in [0.5, 0.6) is 0 Å². The van der Waals surface area contributed by atoms with Crippen molar-refractivity contribution in [2.75, 3.05) is 20.7 Å². The number of aliphatic hydroxyl groups is 3. The van der Waals surface area contributed by atoms with Crippen LogP contribution in [0, 0.1) is 35.5 Å². The quantitative estimate of drug-likeness (QED) is 0.442. The van der Waals surface area contributed by atoms with Crippen LogP contribution >= 0.6 is 0 Å². The van der Waals surface area contributed by atoms with E-state index in [4.69, 9.17) is 9.47 Å². The number of allylic oxidation sites excluding steroid dienone is 2. The highest BCUT2D eigenvalue weighted by Crippen LogP contribution is 2.35. The first-order valence-electron chi connectivity index (χ1n) is 15.0. The number of carbonyl (C=O) groups is 2. The molecule has 0 aromatic carbocycles. The normalized spacial score (nSPS) is 41.9. The van der Waals surface area contributed by atoms with Gasteiger partial charge in [0.25, 0.3) is 0 Å². The number of nitrogens with zero attached hydrogens (tertiary/aromatic N) is 1. The van der Waals surface area contributed by atoms with E-state index in [1.807, 2.05) is 59.7 Å². The standard InChI is InChI=1S/C31H55NO7/c1-9-27-23(17-33)12-18(2)10-11-25(34)20(4)15-21(5)31(22(6)26(35)16-29(36)38-27)39-28-14-19(3)13-24(30(28)37)32(7)8/h10-11,18-24,26-28,30-31,33,35,37H,9,12-17H2,1-8H3. The first-order chi connectivity index (χ1) is 18.3. The Hall–Kier alpha value is -1.32. The number of carbonyl (C=O) groups excluding carboxylic acids is 2. The number of aliphatic hydroxyl groups excluding tert-OH is 3. The number of rotatable bonds is 5. The lowest BCUT2D eigenvalue weighted by Gasteiger charge is -2.44. The Kier molecular flexibility index (Phi) is 13.6. The molecule has 8 nitrogen and oxygen atoms in total. The zero-order valence-electron chi connectivity index (χ0n) is 25.5. The molecule has 226 valence electrons.